The summed E-state index contributed by atoms with van der Waals surface area (Å²) in [5.41, 5.74) is 9.76. The van der Waals surface area contributed by atoms with E-state index in [2.05, 4.69) is 23.5 Å². The van der Waals surface area contributed by atoms with Gasteiger partial charge in [0.05, 0.1) is 11.2 Å². The molecule has 0 atom stereocenters. The highest BCUT2D eigenvalue weighted by atomic mass is 16.3. The van der Waals surface area contributed by atoms with Crippen molar-refractivity contribution in [3.63, 3.8) is 0 Å². The molecule has 27 heavy (non-hydrogen) atoms. The molecule has 0 aliphatic heterocycles. The van der Waals surface area contributed by atoms with Crippen LogP contribution < -0.4 is 11.1 Å². The monoisotopic (exact) mass is 361 g/mol. The van der Waals surface area contributed by atoms with E-state index in [4.69, 9.17) is 10.7 Å². The minimum Gasteiger partial charge on any atom is -0.506 e. The quantitative estimate of drug-likeness (QED) is 0.423. The maximum atomic E-state index is 10.6. The fourth-order valence-corrected chi connectivity index (χ4v) is 7.08. The van der Waals surface area contributed by atoms with Crippen LogP contribution >= 0.6 is 0 Å². The van der Waals surface area contributed by atoms with Gasteiger partial charge in [0.1, 0.15) is 5.75 Å². The summed E-state index contributed by atoms with van der Waals surface area (Å²) in [5.74, 6) is 3.30. The van der Waals surface area contributed by atoms with Gasteiger partial charge in [-0.2, -0.15) is 0 Å². The molecule has 4 N–H and O–H groups in total. The molecular formula is C23H27N3O. The Morgan fingerprint density at radius 3 is 2.48 bits per heavy atom. The van der Waals surface area contributed by atoms with Gasteiger partial charge in [-0.15, -0.1) is 0 Å². The SMILES string of the molecule is NC(=NC12CC3CC(CC(C3)C1)C2)Nc1c(O)cc2cccc3c2c1CC3. The number of guanidine groups is 1. The zero-order valence-electron chi connectivity index (χ0n) is 15.7. The van der Waals surface area contributed by atoms with E-state index in [9.17, 15) is 5.11 Å². The number of hydrogen-bond acceptors (Lipinski definition) is 2. The number of aryl methyl sites for hydroxylation is 2. The van der Waals surface area contributed by atoms with Crippen molar-refractivity contribution in [2.75, 3.05) is 5.32 Å². The normalized spacial score (nSPS) is 33.8. The highest BCUT2D eigenvalue weighted by molar-refractivity contribution is 6.02. The molecule has 0 radical (unpaired) electrons. The Labute approximate surface area is 159 Å². The number of benzene rings is 2. The van der Waals surface area contributed by atoms with Crippen molar-refractivity contribution in [1.82, 2.24) is 0 Å². The molecule has 0 heterocycles. The molecular weight excluding hydrogens is 334 g/mol. The van der Waals surface area contributed by atoms with Crippen molar-refractivity contribution in [1.29, 1.82) is 0 Å². The molecule has 140 valence electrons. The Balaban J connectivity index is 1.36. The Kier molecular flexibility index (Phi) is 3.16. The van der Waals surface area contributed by atoms with E-state index in [0.29, 0.717) is 5.96 Å². The molecule has 0 amide bonds. The van der Waals surface area contributed by atoms with Gasteiger partial charge >= 0.3 is 0 Å². The van der Waals surface area contributed by atoms with Gasteiger partial charge in [-0.25, -0.2) is 4.99 Å². The highest BCUT2D eigenvalue weighted by Crippen LogP contribution is 2.57. The average Bonchev–Trinajstić information content (AvgIpc) is 3.02. The minimum atomic E-state index is 0.0454. The third-order valence-corrected chi connectivity index (χ3v) is 7.60. The van der Waals surface area contributed by atoms with E-state index in [1.54, 1.807) is 0 Å². The lowest BCUT2D eigenvalue weighted by Gasteiger charge is -2.54. The van der Waals surface area contributed by atoms with Crippen LogP contribution in [0.2, 0.25) is 0 Å². The standard InChI is InChI=1S/C23H27N3O/c24-22(26-23-10-13-6-14(11-23)8-15(7-13)12-23)25-21-18-5-4-16-2-1-3-17(20(16)18)9-19(21)27/h1-3,9,13-15,27H,4-8,10-12H2,(H3,24,25,26). The van der Waals surface area contributed by atoms with Gasteiger partial charge in [-0.1, -0.05) is 18.2 Å². The summed E-state index contributed by atoms with van der Waals surface area (Å²) >= 11 is 0. The summed E-state index contributed by atoms with van der Waals surface area (Å²) in [6.45, 7) is 0. The molecule has 2 aromatic rings. The highest BCUT2D eigenvalue weighted by Gasteiger charge is 2.51. The third kappa shape index (κ3) is 2.38. The van der Waals surface area contributed by atoms with Crippen LogP contribution in [-0.2, 0) is 12.8 Å². The Hall–Kier alpha value is -2.23. The second-order valence-electron chi connectivity index (χ2n) is 9.53. The number of anilines is 1. The number of aromatic hydroxyl groups is 1. The zero-order valence-corrected chi connectivity index (χ0v) is 15.7. The number of rotatable bonds is 2. The van der Waals surface area contributed by atoms with Gasteiger partial charge in [0, 0.05) is 0 Å². The smallest absolute Gasteiger partial charge is 0.193 e. The van der Waals surface area contributed by atoms with E-state index in [1.165, 1.54) is 55.0 Å². The molecule has 0 spiro atoms. The zero-order chi connectivity index (χ0) is 18.2. The van der Waals surface area contributed by atoms with E-state index < -0.39 is 0 Å². The van der Waals surface area contributed by atoms with Gasteiger partial charge < -0.3 is 16.2 Å². The van der Waals surface area contributed by atoms with Crippen LogP contribution in [0.25, 0.3) is 10.8 Å². The van der Waals surface area contributed by atoms with Crippen LogP contribution in [0.15, 0.2) is 29.3 Å². The van der Waals surface area contributed by atoms with Gasteiger partial charge in [0.15, 0.2) is 5.96 Å². The summed E-state index contributed by atoms with van der Waals surface area (Å²) in [7, 11) is 0. The van der Waals surface area contributed by atoms with Gasteiger partial charge in [-0.05, 0) is 97.1 Å². The third-order valence-electron chi connectivity index (χ3n) is 7.60. The molecule has 4 fully saturated rings. The topological polar surface area (TPSA) is 70.6 Å². The number of nitrogens with one attached hydrogen (secondary N) is 1. The molecule has 4 bridgehead atoms. The van der Waals surface area contributed by atoms with Crippen LogP contribution in [0.5, 0.6) is 5.75 Å². The molecule has 0 unspecified atom stereocenters. The number of phenols is 1. The molecule has 4 saturated carbocycles. The van der Waals surface area contributed by atoms with E-state index in [-0.39, 0.29) is 11.3 Å². The number of aliphatic imine (C=N–C) groups is 1. The summed E-state index contributed by atoms with van der Waals surface area (Å²) in [6, 6.07) is 8.19. The first-order chi connectivity index (χ1) is 13.1. The number of hydrogen-bond donors (Lipinski definition) is 3. The van der Waals surface area contributed by atoms with Crippen LogP contribution in [0, 0.1) is 17.8 Å². The molecule has 5 aliphatic carbocycles. The maximum Gasteiger partial charge on any atom is 0.193 e. The lowest BCUT2D eigenvalue weighted by molar-refractivity contribution is 0.00163. The number of phenolic OH excluding ortho intramolecular Hbond substituents is 1. The van der Waals surface area contributed by atoms with Gasteiger partial charge in [-0.3, -0.25) is 0 Å². The van der Waals surface area contributed by atoms with Crippen molar-refractivity contribution >= 4 is 22.4 Å². The number of nitrogens with zero attached hydrogens (tertiary/aromatic N) is 1. The second kappa shape index (κ2) is 5.40. The first-order valence-corrected chi connectivity index (χ1v) is 10.5. The predicted molar refractivity (Wildman–Crippen MR) is 109 cm³/mol. The van der Waals surface area contributed by atoms with Crippen LogP contribution in [-0.4, -0.2) is 16.6 Å². The average molecular weight is 361 g/mol. The van der Waals surface area contributed by atoms with Crippen molar-refractivity contribution in [2.24, 2.45) is 28.5 Å². The number of nitrogens with two attached hydrogens (primary N) is 1. The van der Waals surface area contributed by atoms with E-state index in [0.717, 1.165) is 41.7 Å². The fourth-order valence-electron chi connectivity index (χ4n) is 7.08. The molecule has 5 aliphatic rings. The summed E-state index contributed by atoms with van der Waals surface area (Å²) in [5, 5.41) is 16.3. The lowest BCUT2D eigenvalue weighted by atomic mass is 9.53. The van der Waals surface area contributed by atoms with Crippen molar-refractivity contribution in [3.8, 4) is 5.75 Å². The minimum absolute atomic E-state index is 0.0454. The van der Waals surface area contributed by atoms with Crippen molar-refractivity contribution in [3.05, 3.63) is 35.4 Å². The van der Waals surface area contributed by atoms with Crippen LogP contribution in [0.1, 0.15) is 49.7 Å². The van der Waals surface area contributed by atoms with Crippen LogP contribution in [0.4, 0.5) is 5.69 Å². The second-order valence-corrected chi connectivity index (χ2v) is 9.53. The van der Waals surface area contributed by atoms with Gasteiger partial charge in [0.2, 0.25) is 0 Å². The molecule has 0 aromatic heterocycles. The molecule has 0 saturated heterocycles. The predicted octanol–water partition coefficient (Wildman–Crippen LogP) is 4.34. The Morgan fingerprint density at radius 1 is 1.07 bits per heavy atom. The van der Waals surface area contributed by atoms with Crippen LogP contribution in [0.3, 0.4) is 0 Å². The Bertz CT molecular complexity index is 942. The summed E-state index contributed by atoms with van der Waals surface area (Å²) < 4.78 is 0. The largest absolute Gasteiger partial charge is 0.506 e. The first-order valence-electron chi connectivity index (χ1n) is 10.5. The molecule has 7 rings (SSSR count). The molecule has 4 heteroatoms. The fraction of sp³-hybridized carbons (Fsp3) is 0.522. The summed E-state index contributed by atoms with van der Waals surface area (Å²) in [4.78, 5) is 5.05. The van der Waals surface area contributed by atoms with Crippen molar-refractivity contribution < 1.29 is 5.11 Å². The first kappa shape index (κ1) is 15.8. The van der Waals surface area contributed by atoms with Gasteiger partial charge in [0.25, 0.3) is 0 Å². The Morgan fingerprint density at radius 2 is 1.78 bits per heavy atom. The van der Waals surface area contributed by atoms with Crippen molar-refractivity contribution in [2.45, 2.75) is 56.9 Å². The maximum absolute atomic E-state index is 10.6. The summed E-state index contributed by atoms with van der Waals surface area (Å²) in [6.07, 6.45) is 9.77. The molecule has 2 aromatic carbocycles. The van der Waals surface area contributed by atoms with E-state index in [1.807, 2.05) is 6.07 Å². The van der Waals surface area contributed by atoms with E-state index >= 15 is 0 Å². The molecule has 4 nitrogen and oxygen atoms in total. The lowest BCUT2D eigenvalue weighted by Crippen LogP contribution is -2.50.